The average molecular weight is 279 g/mol. The quantitative estimate of drug-likeness (QED) is 0.860. The van der Waals surface area contributed by atoms with Crippen LogP contribution >= 0.6 is 11.3 Å². The van der Waals surface area contributed by atoms with Crippen LogP contribution in [0.4, 0.5) is 0 Å². The first-order valence-electron chi connectivity index (χ1n) is 6.41. The van der Waals surface area contributed by atoms with Gasteiger partial charge in [0.2, 0.25) is 0 Å². The van der Waals surface area contributed by atoms with Crippen LogP contribution in [0.3, 0.4) is 0 Å². The number of rotatable bonds is 4. The number of hydrogen-bond acceptors (Lipinski definition) is 3. The standard InChI is InChI=1S/C15H21NO2S/c1-11(2)7-8-16(4)15(18)14-10-12(3)13(19-14)6-5-9-17/h10-11,17H,7-9H2,1-4H3. The van der Waals surface area contributed by atoms with E-state index in [0.29, 0.717) is 10.8 Å². The van der Waals surface area contributed by atoms with Crippen molar-refractivity contribution < 1.29 is 9.90 Å². The summed E-state index contributed by atoms with van der Waals surface area (Å²) in [5.74, 6) is 6.13. The maximum absolute atomic E-state index is 12.2. The zero-order chi connectivity index (χ0) is 14.4. The summed E-state index contributed by atoms with van der Waals surface area (Å²) in [5.41, 5.74) is 0.992. The Morgan fingerprint density at radius 1 is 1.53 bits per heavy atom. The zero-order valence-electron chi connectivity index (χ0n) is 12.0. The highest BCUT2D eigenvalue weighted by Gasteiger charge is 2.15. The first-order chi connectivity index (χ1) is 8.95. The van der Waals surface area contributed by atoms with Gasteiger partial charge in [-0.05, 0) is 30.9 Å². The fraction of sp³-hybridized carbons (Fsp3) is 0.533. The Morgan fingerprint density at radius 3 is 2.79 bits per heavy atom. The first-order valence-corrected chi connectivity index (χ1v) is 7.23. The molecule has 0 unspecified atom stereocenters. The van der Waals surface area contributed by atoms with E-state index in [4.69, 9.17) is 5.11 Å². The molecular weight excluding hydrogens is 258 g/mol. The summed E-state index contributed by atoms with van der Waals surface area (Å²) < 4.78 is 0. The molecule has 0 aliphatic rings. The van der Waals surface area contributed by atoms with Crippen molar-refractivity contribution in [1.29, 1.82) is 0 Å². The Bertz CT molecular complexity index is 494. The van der Waals surface area contributed by atoms with Crippen LogP contribution in [-0.2, 0) is 0 Å². The van der Waals surface area contributed by atoms with Crippen LogP contribution in [0.2, 0.25) is 0 Å². The Morgan fingerprint density at radius 2 is 2.21 bits per heavy atom. The highest BCUT2D eigenvalue weighted by atomic mass is 32.1. The van der Waals surface area contributed by atoms with Crippen molar-refractivity contribution >= 4 is 17.2 Å². The van der Waals surface area contributed by atoms with Gasteiger partial charge in [0.25, 0.3) is 5.91 Å². The molecular formula is C15H21NO2S. The fourth-order valence-corrected chi connectivity index (χ4v) is 2.61. The van der Waals surface area contributed by atoms with E-state index in [2.05, 4.69) is 25.7 Å². The highest BCUT2D eigenvalue weighted by Crippen LogP contribution is 2.22. The number of hydrogen-bond donors (Lipinski definition) is 1. The van der Waals surface area contributed by atoms with Crippen LogP contribution < -0.4 is 0 Å². The molecule has 1 N–H and O–H groups in total. The van der Waals surface area contributed by atoms with Gasteiger partial charge in [-0.3, -0.25) is 4.79 Å². The molecule has 0 aliphatic carbocycles. The van der Waals surface area contributed by atoms with Crippen LogP contribution in [0.15, 0.2) is 6.07 Å². The minimum atomic E-state index is -0.158. The lowest BCUT2D eigenvalue weighted by Gasteiger charge is -2.17. The Kier molecular flexibility index (Phi) is 6.07. The molecule has 4 heteroatoms. The number of aliphatic hydroxyl groups is 1. The lowest BCUT2D eigenvalue weighted by Crippen LogP contribution is -2.27. The second kappa shape index (κ2) is 7.32. The normalized spacial score (nSPS) is 10.2. The van der Waals surface area contributed by atoms with Gasteiger partial charge in [0.1, 0.15) is 6.61 Å². The van der Waals surface area contributed by atoms with Crippen molar-refractivity contribution in [1.82, 2.24) is 4.90 Å². The molecule has 1 aromatic rings. The molecule has 0 radical (unpaired) electrons. The molecule has 1 amide bonds. The Hall–Kier alpha value is -1.31. The van der Waals surface area contributed by atoms with Gasteiger partial charge in [0.05, 0.1) is 9.75 Å². The van der Waals surface area contributed by atoms with Gasteiger partial charge in [-0.2, -0.15) is 0 Å². The lowest BCUT2D eigenvalue weighted by atomic mass is 10.1. The summed E-state index contributed by atoms with van der Waals surface area (Å²) in [6.45, 7) is 6.84. The van der Waals surface area contributed by atoms with Crippen LogP contribution in [0.25, 0.3) is 0 Å². The second-order valence-corrected chi connectivity index (χ2v) is 6.04. The smallest absolute Gasteiger partial charge is 0.263 e. The topological polar surface area (TPSA) is 40.5 Å². The molecule has 0 saturated heterocycles. The maximum Gasteiger partial charge on any atom is 0.263 e. The minimum Gasteiger partial charge on any atom is -0.384 e. The van der Waals surface area contributed by atoms with E-state index >= 15 is 0 Å². The molecule has 1 aromatic heterocycles. The third-order valence-corrected chi connectivity index (χ3v) is 3.94. The van der Waals surface area contributed by atoms with E-state index in [1.807, 2.05) is 20.0 Å². The molecule has 0 spiro atoms. The number of thiophene rings is 1. The van der Waals surface area contributed by atoms with Gasteiger partial charge in [-0.1, -0.05) is 25.7 Å². The third kappa shape index (κ3) is 4.70. The number of carbonyl (C=O) groups is 1. The van der Waals surface area contributed by atoms with E-state index in [-0.39, 0.29) is 12.5 Å². The molecule has 0 fully saturated rings. The van der Waals surface area contributed by atoms with Crippen molar-refractivity contribution in [2.75, 3.05) is 20.2 Å². The minimum absolute atomic E-state index is 0.0470. The number of nitrogens with zero attached hydrogens (tertiary/aromatic N) is 1. The number of aryl methyl sites for hydroxylation is 1. The van der Waals surface area contributed by atoms with E-state index < -0.39 is 0 Å². The van der Waals surface area contributed by atoms with Gasteiger partial charge in [-0.15, -0.1) is 11.3 Å². The van der Waals surface area contributed by atoms with E-state index in [1.165, 1.54) is 11.3 Å². The summed E-state index contributed by atoms with van der Waals surface area (Å²) in [6.07, 6.45) is 1.00. The van der Waals surface area contributed by atoms with E-state index in [9.17, 15) is 4.79 Å². The maximum atomic E-state index is 12.2. The largest absolute Gasteiger partial charge is 0.384 e. The predicted octanol–water partition coefficient (Wildman–Crippen LogP) is 2.52. The number of amides is 1. The summed E-state index contributed by atoms with van der Waals surface area (Å²) >= 11 is 1.39. The molecule has 0 atom stereocenters. The molecule has 19 heavy (non-hydrogen) atoms. The second-order valence-electron chi connectivity index (χ2n) is 4.99. The molecule has 104 valence electrons. The summed E-state index contributed by atoms with van der Waals surface area (Å²) in [5, 5.41) is 8.70. The molecule has 1 heterocycles. The van der Waals surface area contributed by atoms with Gasteiger partial charge >= 0.3 is 0 Å². The van der Waals surface area contributed by atoms with Gasteiger partial charge in [-0.25, -0.2) is 0 Å². The SMILES string of the molecule is Cc1cc(C(=O)N(C)CCC(C)C)sc1C#CCO. The van der Waals surface area contributed by atoms with Gasteiger partial charge < -0.3 is 10.0 Å². The molecule has 3 nitrogen and oxygen atoms in total. The number of aliphatic hydroxyl groups excluding tert-OH is 1. The van der Waals surface area contributed by atoms with E-state index in [0.717, 1.165) is 23.4 Å². The summed E-state index contributed by atoms with van der Waals surface area (Å²) in [4.78, 5) is 15.6. The van der Waals surface area contributed by atoms with Gasteiger partial charge in [0.15, 0.2) is 0 Å². The summed E-state index contributed by atoms with van der Waals surface area (Å²) in [6, 6.07) is 1.88. The molecule has 1 rings (SSSR count). The summed E-state index contributed by atoms with van der Waals surface area (Å²) in [7, 11) is 1.83. The molecule has 0 aliphatic heterocycles. The van der Waals surface area contributed by atoms with Crippen molar-refractivity contribution in [3.63, 3.8) is 0 Å². The monoisotopic (exact) mass is 279 g/mol. The van der Waals surface area contributed by atoms with E-state index in [1.54, 1.807) is 4.90 Å². The van der Waals surface area contributed by atoms with Crippen molar-refractivity contribution in [2.24, 2.45) is 5.92 Å². The Labute approximate surface area is 119 Å². The molecule has 0 saturated carbocycles. The van der Waals surface area contributed by atoms with Crippen molar-refractivity contribution in [2.45, 2.75) is 27.2 Å². The Balaban J connectivity index is 2.77. The van der Waals surface area contributed by atoms with Gasteiger partial charge in [0, 0.05) is 13.6 Å². The third-order valence-electron chi connectivity index (χ3n) is 2.80. The van der Waals surface area contributed by atoms with Crippen LogP contribution in [0.1, 0.15) is 40.4 Å². The van der Waals surface area contributed by atoms with Crippen LogP contribution in [-0.4, -0.2) is 36.1 Å². The van der Waals surface area contributed by atoms with Crippen molar-refractivity contribution in [3.8, 4) is 11.8 Å². The first kappa shape index (κ1) is 15.7. The predicted molar refractivity (Wildman–Crippen MR) is 79.4 cm³/mol. The molecule has 0 aromatic carbocycles. The lowest BCUT2D eigenvalue weighted by molar-refractivity contribution is 0.0794. The number of carbonyl (C=O) groups excluding carboxylic acids is 1. The van der Waals surface area contributed by atoms with Crippen LogP contribution in [0.5, 0.6) is 0 Å². The van der Waals surface area contributed by atoms with Crippen molar-refractivity contribution in [3.05, 3.63) is 21.4 Å². The van der Waals surface area contributed by atoms with Crippen LogP contribution in [0, 0.1) is 24.7 Å². The highest BCUT2D eigenvalue weighted by molar-refractivity contribution is 7.14. The molecule has 0 bridgehead atoms. The zero-order valence-corrected chi connectivity index (χ0v) is 12.8. The fourth-order valence-electron chi connectivity index (χ4n) is 1.57. The average Bonchev–Trinajstić information content (AvgIpc) is 2.73.